The summed E-state index contributed by atoms with van der Waals surface area (Å²) in [4.78, 5) is 25.0. The molecule has 2 amide bonds. The Labute approximate surface area is 165 Å². The van der Waals surface area contributed by atoms with Crippen molar-refractivity contribution in [2.24, 2.45) is 10.2 Å². The molecule has 1 aromatic carbocycles. The number of thiophene rings is 1. The standard InChI is InChI=1S/C17H13F3N4O2S2/c18-17(19,20)11-5-1-2-6-12(11)22-14(25)8-13-15(26)23-16(28-13)24-21-9-10-4-3-7-27-10/h1-7,9,13H,8H2,(H,22,25)(H,23,24,26)/b21-9-. The van der Waals surface area contributed by atoms with Crippen LogP contribution in [0.25, 0.3) is 0 Å². The molecule has 0 saturated carbocycles. The summed E-state index contributed by atoms with van der Waals surface area (Å²) in [6.07, 6.45) is -3.36. The van der Waals surface area contributed by atoms with Gasteiger partial charge in [-0.3, -0.25) is 9.59 Å². The Bertz CT molecular complexity index is 927. The number of thioether (sulfide) groups is 1. The van der Waals surface area contributed by atoms with Gasteiger partial charge in [0, 0.05) is 11.3 Å². The number of para-hydroxylation sites is 1. The lowest BCUT2D eigenvalue weighted by Crippen LogP contribution is -2.28. The number of amides is 2. The van der Waals surface area contributed by atoms with Gasteiger partial charge in [0.2, 0.25) is 11.8 Å². The summed E-state index contributed by atoms with van der Waals surface area (Å²) < 4.78 is 39.0. The van der Waals surface area contributed by atoms with Crippen molar-refractivity contribution in [3.63, 3.8) is 0 Å². The fraction of sp³-hybridized carbons (Fsp3) is 0.176. The Hall–Kier alpha value is -2.66. The molecule has 28 heavy (non-hydrogen) atoms. The number of amidine groups is 1. The Morgan fingerprint density at radius 3 is 2.75 bits per heavy atom. The highest BCUT2D eigenvalue weighted by atomic mass is 32.2. The molecule has 1 aliphatic rings. The maximum Gasteiger partial charge on any atom is 0.418 e. The van der Waals surface area contributed by atoms with Crippen molar-refractivity contribution in [1.82, 2.24) is 5.32 Å². The van der Waals surface area contributed by atoms with Gasteiger partial charge >= 0.3 is 6.18 Å². The Morgan fingerprint density at radius 2 is 2.04 bits per heavy atom. The number of carbonyl (C=O) groups is 2. The topological polar surface area (TPSA) is 82.9 Å². The fourth-order valence-corrected chi connectivity index (χ4v) is 3.80. The van der Waals surface area contributed by atoms with Crippen LogP contribution >= 0.6 is 23.1 Å². The Morgan fingerprint density at radius 1 is 1.25 bits per heavy atom. The number of nitrogens with one attached hydrogen (secondary N) is 2. The molecule has 1 aromatic heterocycles. The average Bonchev–Trinajstić information content (AvgIpc) is 3.25. The molecule has 11 heteroatoms. The molecule has 6 nitrogen and oxygen atoms in total. The van der Waals surface area contributed by atoms with Crippen LogP contribution in [-0.4, -0.2) is 28.4 Å². The molecule has 1 atom stereocenters. The predicted octanol–water partition coefficient (Wildman–Crippen LogP) is 3.72. The van der Waals surface area contributed by atoms with E-state index in [1.807, 2.05) is 17.5 Å². The van der Waals surface area contributed by atoms with Crippen LogP contribution < -0.4 is 10.6 Å². The van der Waals surface area contributed by atoms with Crippen molar-refractivity contribution in [2.75, 3.05) is 5.32 Å². The van der Waals surface area contributed by atoms with Gasteiger partial charge in [0.15, 0.2) is 5.17 Å². The summed E-state index contributed by atoms with van der Waals surface area (Å²) in [6, 6.07) is 8.37. The van der Waals surface area contributed by atoms with Crippen LogP contribution in [0.4, 0.5) is 18.9 Å². The zero-order valence-corrected chi connectivity index (χ0v) is 15.7. The smallest absolute Gasteiger partial charge is 0.325 e. The van der Waals surface area contributed by atoms with Crippen LogP contribution in [0.1, 0.15) is 16.9 Å². The molecular weight excluding hydrogens is 413 g/mol. The number of benzene rings is 1. The number of carbonyl (C=O) groups excluding carboxylic acids is 2. The van der Waals surface area contributed by atoms with Crippen LogP contribution in [0.15, 0.2) is 52.0 Å². The third-order valence-electron chi connectivity index (χ3n) is 3.53. The molecule has 1 aliphatic heterocycles. The van der Waals surface area contributed by atoms with Crippen LogP contribution in [0.5, 0.6) is 0 Å². The van der Waals surface area contributed by atoms with Gasteiger partial charge in [-0.25, -0.2) is 0 Å². The molecule has 1 unspecified atom stereocenters. The minimum absolute atomic E-state index is 0.228. The number of halogens is 3. The number of hydrogen-bond acceptors (Lipinski definition) is 6. The number of rotatable bonds is 5. The van der Waals surface area contributed by atoms with Gasteiger partial charge in [-0.05, 0) is 23.6 Å². The van der Waals surface area contributed by atoms with Crippen molar-refractivity contribution in [2.45, 2.75) is 17.8 Å². The van der Waals surface area contributed by atoms with Gasteiger partial charge in [-0.15, -0.1) is 16.4 Å². The molecule has 0 spiro atoms. The molecule has 2 heterocycles. The van der Waals surface area contributed by atoms with Crippen LogP contribution in [0, 0.1) is 0 Å². The lowest BCUT2D eigenvalue weighted by molar-refractivity contribution is -0.137. The lowest BCUT2D eigenvalue weighted by Gasteiger charge is -2.14. The second-order valence-corrected chi connectivity index (χ2v) is 7.73. The van der Waals surface area contributed by atoms with E-state index in [1.165, 1.54) is 29.7 Å². The summed E-state index contributed by atoms with van der Waals surface area (Å²) in [7, 11) is 0. The summed E-state index contributed by atoms with van der Waals surface area (Å²) in [5.41, 5.74) is -1.30. The minimum atomic E-state index is -4.59. The molecule has 0 bridgehead atoms. The van der Waals surface area contributed by atoms with E-state index in [9.17, 15) is 22.8 Å². The lowest BCUT2D eigenvalue weighted by atomic mass is 10.1. The zero-order chi connectivity index (χ0) is 20.1. The molecule has 3 rings (SSSR count). The van der Waals surface area contributed by atoms with E-state index in [0.717, 1.165) is 28.8 Å². The number of nitrogens with zero attached hydrogens (tertiary/aromatic N) is 2. The van der Waals surface area contributed by atoms with Crippen molar-refractivity contribution < 1.29 is 22.8 Å². The zero-order valence-electron chi connectivity index (χ0n) is 14.1. The van der Waals surface area contributed by atoms with Crippen molar-refractivity contribution in [3.05, 3.63) is 52.2 Å². The monoisotopic (exact) mass is 426 g/mol. The largest absolute Gasteiger partial charge is 0.418 e. The molecule has 2 aromatic rings. The number of hydrogen-bond donors (Lipinski definition) is 2. The van der Waals surface area contributed by atoms with Gasteiger partial charge in [0.1, 0.15) is 5.25 Å². The van der Waals surface area contributed by atoms with Gasteiger partial charge < -0.3 is 10.6 Å². The molecule has 1 saturated heterocycles. The number of alkyl halides is 3. The first-order chi connectivity index (χ1) is 13.3. The highest BCUT2D eigenvalue weighted by Crippen LogP contribution is 2.34. The minimum Gasteiger partial charge on any atom is -0.325 e. The first-order valence-corrected chi connectivity index (χ1v) is 9.67. The van der Waals surface area contributed by atoms with Crippen LogP contribution in [0.3, 0.4) is 0 Å². The SMILES string of the molecule is O=C(CC1S/C(=N/N=C\c2cccs2)NC1=O)Nc1ccccc1C(F)(F)F. The van der Waals surface area contributed by atoms with Crippen molar-refractivity contribution in [3.8, 4) is 0 Å². The first-order valence-electron chi connectivity index (χ1n) is 7.91. The predicted molar refractivity (Wildman–Crippen MR) is 104 cm³/mol. The molecular formula is C17H13F3N4O2S2. The highest BCUT2D eigenvalue weighted by Gasteiger charge is 2.35. The number of anilines is 1. The van der Waals surface area contributed by atoms with Crippen LogP contribution in [0.2, 0.25) is 0 Å². The molecule has 2 N–H and O–H groups in total. The normalized spacial score (nSPS) is 18.6. The third-order valence-corrected chi connectivity index (χ3v) is 5.41. The van der Waals surface area contributed by atoms with Gasteiger partial charge in [-0.1, -0.05) is 30.0 Å². The summed E-state index contributed by atoms with van der Waals surface area (Å²) in [6.45, 7) is 0. The van der Waals surface area contributed by atoms with E-state index in [1.54, 1.807) is 0 Å². The molecule has 0 aliphatic carbocycles. The maximum atomic E-state index is 13.0. The summed E-state index contributed by atoms with van der Waals surface area (Å²) >= 11 is 2.47. The van der Waals surface area contributed by atoms with E-state index in [4.69, 9.17) is 0 Å². The summed E-state index contributed by atoms with van der Waals surface area (Å²) in [5, 5.41) is 13.8. The van der Waals surface area contributed by atoms with Gasteiger partial charge in [0.05, 0.1) is 17.5 Å². The fourth-order valence-electron chi connectivity index (χ4n) is 2.30. The Balaban J connectivity index is 1.60. The molecule has 0 radical (unpaired) electrons. The third kappa shape index (κ3) is 5.20. The van der Waals surface area contributed by atoms with E-state index in [2.05, 4.69) is 20.8 Å². The molecule has 146 valence electrons. The van der Waals surface area contributed by atoms with Crippen LogP contribution in [-0.2, 0) is 15.8 Å². The van der Waals surface area contributed by atoms with Crippen molar-refractivity contribution in [1.29, 1.82) is 0 Å². The Kier molecular flexibility index (Phi) is 6.15. The second kappa shape index (κ2) is 8.57. The summed E-state index contributed by atoms with van der Waals surface area (Å²) in [5.74, 6) is -1.15. The highest BCUT2D eigenvalue weighted by molar-refractivity contribution is 8.15. The van der Waals surface area contributed by atoms with E-state index in [0.29, 0.717) is 0 Å². The first kappa shape index (κ1) is 20.1. The van der Waals surface area contributed by atoms with E-state index >= 15 is 0 Å². The quantitative estimate of drug-likeness (QED) is 0.565. The van der Waals surface area contributed by atoms with E-state index in [-0.39, 0.29) is 17.3 Å². The second-order valence-electron chi connectivity index (χ2n) is 5.56. The molecule has 1 fully saturated rings. The van der Waals surface area contributed by atoms with Gasteiger partial charge in [0.25, 0.3) is 0 Å². The van der Waals surface area contributed by atoms with Crippen molar-refractivity contribution >= 4 is 52.0 Å². The maximum absolute atomic E-state index is 13.0. The van der Waals surface area contributed by atoms with Gasteiger partial charge in [-0.2, -0.15) is 18.3 Å². The van der Waals surface area contributed by atoms with E-state index < -0.39 is 28.8 Å². The average molecular weight is 426 g/mol.